The number of anilines is 1. The molecule has 0 aromatic heterocycles. The van der Waals surface area contributed by atoms with Crippen molar-refractivity contribution in [3.8, 4) is 0 Å². The molecule has 0 bridgehead atoms. The Morgan fingerprint density at radius 1 is 0.975 bits per heavy atom. The van der Waals surface area contributed by atoms with Crippen LogP contribution in [0.3, 0.4) is 0 Å². The molecule has 1 N–H and O–H groups in total. The summed E-state index contributed by atoms with van der Waals surface area (Å²) >= 11 is 6.30. The molecule has 0 fully saturated rings. The lowest BCUT2D eigenvalue weighted by atomic mass is 10.1. The Hall–Kier alpha value is -3.57. The monoisotopic (exact) mass is 595 g/mol. The molecule has 2 amide bonds. The highest BCUT2D eigenvalue weighted by Gasteiger charge is 2.35. The third-order valence-corrected chi connectivity index (χ3v) is 8.24. The molecule has 3 aromatic carbocycles. The van der Waals surface area contributed by atoms with E-state index in [1.807, 2.05) is 6.92 Å². The maximum Gasteiger partial charge on any atom is 0.416 e. The van der Waals surface area contributed by atoms with Crippen molar-refractivity contribution < 1.29 is 31.2 Å². The van der Waals surface area contributed by atoms with Crippen molar-refractivity contribution in [2.24, 2.45) is 0 Å². The maximum atomic E-state index is 13.8. The Morgan fingerprint density at radius 2 is 1.62 bits per heavy atom. The first kappa shape index (κ1) is 31.0. The highest BCUT2D eigenvalue weighted by Crippen LogP contribution is 2.33. The van der Waals surface area contributed by atoms with E-state index in [0.717, 1.165) is 17.0 Å². The largest absolute Gasteiger partial charge is 0.416 e. The van der Waals surface area contributed by atoms with Gasteiger partial charge in [-0.25, -0.2) is 8.42 Å². The van der Waals surface area contributed by atoms with E-state index >= 15 is 0 Å². The smallest absolute Gasteiger partial charge is 0.354 e. The second-order valence-electron chi connectivity index (χ2n) is 8.95. The molecule has 7 nitrogen and oxygen atoms in total. The molecule has 12 heteroatoms. The second kappa shape index (κ2) is 13.2. The molecule has 214 valence electrons. The molecule has 0 aliphatic heterocycles. The molecule has 0 radical (unpaired) electrons. The van der Waals surface area contributed by atoms with Crippen LogP contribution in [0.5, 0.6) is 0 Å². The first-order valence-corrected chi connectivity index (χ1v) is 14.2. The Morgan fingerprint density at radius 3 is 2.25 bits per heavy atom. The van der Waals surface area contributed by atoms with Crippen LogP contribution in [-0.4, -0.2) is 44.3 Å². The van der Waals surface area contributed by atoms with Gasteiger partial charge in [0.05, 0.1) is 16.1 Å². The van der Waals surface area contributed by atoms with Gasteiger partial charge in [-0.1, -0.05) is 61.0 Å². The van der Waals surface area contributed by atoms with Crippen molar-refractivity contribution in [3.63, 3.8) is 0 Å². The molecule has 1 atom stereocenters. The number of carbonyl (C=O) groups is 2. The van der Waals surface area contributed by atoms with Crippen LogP contribution < -0.4 is 9.62 Å². The summed E-state index contributed by atoms with van der Waals surface area (Å²) in [7, 11) is -4.49. The highest BCUT2D eigenvalue weighted by molar-refractivity contribution is 7.92. The number of amides is 2. The van der Waals surface area contributed by atoms with Gasteiger partial charge < -0.3 is 10.2 Å². The summed E-state index contributed by atoms with van der Waals surface area (Å²) in [6.45, 7) is 2.70. The van der Waals surface area contributed by atoms with E-state index in [-0.39, 0.29) is 17.1 Å². The third kappa shape index (κ3) is 7.54. The van der Waals surface area contributed by atoms with Gasteiger partial charge in [0.2, 0.25) is 11.8 Å². The minimum Gasteiger partial charge on any atom is -0.354 e. The Labute approximate surface area is 236 Å². The van der Waals surface area contributed by atoms with Gasteiger partial charge in [0.1, 0.15) is 12.6 Å². The summed E-state index contributed by atoms with van der Waals surface area (Å²) in [5.41, 5.74) is -0.928. The molecule has 0 spiro atoms. The molecular formula is C28H29ClF3N3O4S. The molecule has 0 aliphatic rings. The molecule has 40 heavy (non-hydrogen) atoms. The van der Waals surface area contributed by atoms with Gasteiger partial charge in [0.25, 0.3) is 10.0 Å². The minimum absolute atomic E-state index is 0.138. The van der Waals surface area contributed by atoms with Gasteiger partial charge in [-0.3, -0.25) is 13.9 Å². The van der Waals surface area contributed by atoms with Crippen molar-refractivity contribution in [1.82, 2.24) is 10.2 Å². The zero-order valence-corrected chi connectivity index (χ0v) is 23.4. The van der Waals surface area contributed by atoms with Crippen LogP contribution in [-0.2, 0) is 32.3 Å². The van der Waals surface area contributed by atoms with E-state index in [4.69, 9.17) is 11.6 Å². The topological polar surface area (TPSA) is 86.8 Å². The van der Waals surface area contributed by atoms with E-state index in [2.05, 4.69) is 5.32 Å². The van der Waals surface area contributed by atoms with Crippen LogP contribution in [0.25, 0.3) is 0 Å². The van der Waals surface area contributed by atoms with Crippen molar-refractivity contribution >= 4 is 39.1 Å². The first-order chi connectivity index (χ1) is 18.9. The Balaban J connectivity index is 2.08. The van der Waals surface area contributed by atoms with E-state index in [0.29, 0.717) is 33.9 Å². The summed E-state index contributed by atoms with van der Waals surface area (Å²) < 4.78 is 68.5. The lowest BCUT2D eigenvalue weighted by Gasteiger charge is -2.32. The molecule has 3 aromatic rings. The average molecular weight is 596 g/mol. The number of rotatable bonds is 11. The molecule has 0 saturated heterocycles. The fraction of sp³-hybridized carbons (Fsp3) is 0.286. The fourth-order valence-electron chi connectivity index (χ4n) is 3.87. The third-order valence-electron chi connectivity index (χ3n) is 6.09. The van der Waals surface area contributed by atoms with Crippen molar-refractivity contribution in [3.05, 3.63) is 95.0 Å². The first-order valence-electron chi connectivity index (χ1n) is 12.4. The number of hydrogen-bond acceptors (Lipinski definition) is 4. The van der Waals surface area contributed by atoms with Crippen molar-refractivity contribution in [2.75, 3.05) is 17.4 Å². The van der Waals surface area contributed by atoms with Gasteiger partial charge >= 0.3 is 6.18 Å². The SMILES string of the molecule is CCCNC(=O)[C@@H](C)N(Cc1ccccc1Cl)C(=O)CN(c1cccc(C(F)(F)F)c1)S(=O)(=O)c1ccccc1. The van der Waals surface area contributed by atoms with E-state index in [1.165, 1.54) is 37.3 Å². The minimum atomic E-state index is -4.75. The van der Waals surface area contributed by atoms with Crippen LogP contribution in [0.1, 0.15) is 31.4 Å². The van der Waals surface area contributed by atoms with Gasteiger partial charge in [-0.2, -0.15) is 13.2 Å². The fourth-order valence-corrected chi connectivity index (χ4v) is 5.50. The number of nitrogens with one attached hydrogen (secondary N) is 1. The lowest BCUT2D eigenvalue weighted by molar-refractivity contribution is -0.139. The van der Waals surface area contributed by atoms with Gasteiger partial charge in [-0.05, 0) is 55.3 Å². The molecule has 0 heterocycles. The van der Waals surface area contributed by atoms with Crippen LogP contribution in [0.15, 0.2) is 83.8 Å². The number of halogens is 4. The van der Waals surface area contributed by atoms with E-state index < -0.39 is 46.2 Å². The second-order valence-corrected chi connectivity index (χ2v) is 11.2. The molecular weight excluding hydrogens is 567 g/mol. The summed E-state index contributed by atoms with van der Waals surface area (Å²) in [5.74, 6) is -1.28. The number of hydrogen-bond donors (Lipinski definition) is 1. The summed E-state index contributed by atoms with van der Waals surface area (Å²) in [5, 5.41) is 3.04. The maximum absolute atomic E-state index is 13.8. The normalized spacial score (nSPS) is 12.4. The molecule has 3 rings (SSSR count). The van der Waals surface area contributed by atoms with Gasteiger partial charge in [0.15, 0.2) is 0 Å². The van der Waals surface area contributed by atoms with Gasteiger partial charge in [-0.15, -0.1) is 0 Å². The molecule has 0 aliphatic carbocycles. The van der Waals surface area contributed by atoms with E-state index in [9.17, 15) is 31.2 Å². The van der Waals surface area contributed by atoms with Crippen molar-refractivity contribution in [2.45, 2.75) is 43.9 Å². The number of sulfonamides is 1. The van der Waals surface area contributed by atoms with Crippen LogP contribution in [0.2, 0.25) is 5.02 Å². The zero-order chi connectivity index (χ0) is 29.5. The predicted molar refractivity (Wildman–Crippen MR) is 147 cm³/mol. The summed E-state index contributed by atoms with van der Waals surface area (Å²) in [6, 6.07) is 16.4. The average Bonchev–Trinajstić information content (AvgIpc) is 2.93. The quantitative estimate of drug-likeness (QED) is 0.317. The molecule has 0 unspecified atom stereocenters. The Bertz CT molecular complexity index is 1440. The highest BCUT2D eigenvalue weighted by atomic mass is 35.5. The molecule has 0 saturated carbocycles. The van der Waals surface area contributed by atoms with Gasteiger partial charge in [0, 0.05) is 18.1 Å². The summed E-state index contributed by atoms with van der Waals surface area (Å²) in [6.07, 6.45) is -4.10. The lowest BCUT2D eigenvalue weighted by Crippen LogP contribution is -2.51. The number of carbonyl (C=O) groups excluding carboxylic acids is 2. The standard InChI is InChI=1S/C28H29ClF3N3O4S/c1-3-16-33-27(37)20(2)34(18-21-10-7-8-15-25(21)29)26(36)19-35(40(38,39)24-13-5-4-6-14-24)23-12-9-11-22(17-23)28(30,31)32/h4-15,17,20H,3,16,18-19H2,1-2H3,(H,33,37)/t20-/m1/s1. The number of benzene rings is 3. The van der Waals surface area contributed by atoms with Crippen molar-refractivity contribution in [1.29, 1.82) is 0 Å². The van der Waals surface area contributed by atoms with Crippen LogP contribution >= 0.6 is 11.6 Å². The van der Waals surface area contributed by atoms with Crippen LogP contribution in [0, 0.1) is 0 Å². The number of alkyl halides is 3. The predicted octanol–water partition coefficient (Wildman–Crippen LogP) is 5.50. The van der Waals surface area contributed by atoms with E-state index in [1.54, 1.807) is 30.3 Å². The zero-order valence-electron chi connectivity index (χ0n) is 21.9. The Kier molecular flexibility index (Phi) is 10.2. The van der Waals surface area contributed by atoms with Crippen LogP contribution in [0.4, 0.5) is 18.9 Å². The summed E-state index contributed by atoms with van der Waals surface area (Å²) in [4.78, 5) is 27.6. The number of nitrogens with zero attached hydrogens (tertiary/aromatic N) is 2.